The SMILES string of the molecule is Nc1cc(-c2nc(-c3ccccc3Cl)no2)c(F)cc1F. The molecule has 4 nitrogen and oxygen atoms in total. The Labute approximate surface area is 123 Å². The molecule has 0 aliphatic carbocycles. The van der Waals surface area contributed by atoms with E-state index in [-0.39, 0.29) is 23.0 Å². The zero-order chi connectivity index (χ0) is 15.0. The van der Waals surface area contributed by atoms with Crippen molar-refractivity contribution in [1.82, 2.24) is 10.1 Å². The lowest BCUT2D eigenvalue weighted by atomic mass is 10.1. The van der Waals surface area contributed by atoms with Crippen molar-refractivity contribution in [3.63, 3.8) is 0 Å². The van der Waals surface area contributed by atoms with Gasteiger partial charge in [-0.05, 0) is 18.2 Å². The molecule has 0 aliphatic rings. The Bertz CT molecular complexity index is 820. The number of halogens is 3. The first-order valence-electron chi connectivity index (χ1n) is 5.90. The molecule has 0 saturated carbocycles. The van der Waals surface area contributed by atoms with Crippen LogP contribution >= 0.6 is 11.6 Å². The number of hydrogen-bond donors (Lipinski definition) is 1. The number of benzene rings is 2. The maximum absolute atomic E-state index is 13.8. The van der Waals surface area contributed by atoms with Crippen molar-refractivity contribution in [2.24, 2.45) is 0 Å². The first kappa shape index (κ1) is 13.5. The highest BCUT2D eigenvalue weighted by atomic mass is 35.5. The first-order valence-corrected chi connectivity index (χ1v) is 6.27. The molecular formula is C14H8ClF2N3O. The highest BCUT2D eigenvalue weighted by Crippen LogP contribution is 2.30. The number of nitrogens with two attached hydrogens (primary N) is 1. The van der Waals surface area contributed by atoms with Gasteiger partial charge in [0.2, 0.25) is 5.82 Å². The van der Waals surface area contributed by atoms with E-state index in [1.54, 1.807) is 24.3 Å². The molecule has 7 heteroatoms. The van der Waals surface area contributed by atoms with Gasteiger partial charge in [0.1, 0.15) is 11.6 Å². The van der Waals surface area contributed by atoms with Crippen LogP contribution in [0.5, 0.6) is 0 Å². The predicted octanol–water partition coefficient (Wildman–Crippen LogP) is 3.92. The van der Waals surface area contributed by atoms with Crippen molar-refractivity contribution < 1.29 is 13.3 Å². The van der Waals surface area contributed by atoms with Crippen LogP contribution in [-0.2, 0) is 0 Å². The molecular weight excluding hydrogens is 300 g/mol. The van der Waals surface area contributed by atoms with Gasteiger partial charge in [-0.25, -0.2) is 8.78 Å². The molecule has 0 bridgehead atoms. The van der Waals surface area contributed by atoms with Crippen molar-refractivity contribution in [2.45, 2.75) is 0 Å². The summed E-state index contributed by atoms with van der Waals surface area (Å²) in [4.78, 5) is 4.06. The summed E-state index contributed by atoms with van der Waals surface area (Å²) in [6.45, 7) is 0. The fourth-order valence-electron chi connectivity index (χ4n) is 1.81. The van der Waals surface area contributed by atoms with Crippen molar-refractivity contribution in [3.8, 4) is 22.8 Å². The third kappa shape index (κ3) is 2.45. The van der Waals surface area contributed by atoms with Crippen LogP contribution in [0.25, 0.3) is 22.8 Å². The number of aromatic nitrogens is 2. The Morgan fingerprint density at radius 2 is 1.81 bits per heavy atom. The molecule has 0 amide bonds. The smallest absolute Gasteiger partial charge is 0.261 e. The fourth-order valence-corrected chi connectivity index (χ4v) is 2.03. The van der Waals surface area contributed by atoms with Gasteiger partial charge >= 0.3 is 0 Å². The zero-order valence-corrected chi connectivity index (χ0v) is 11.2. The van der Waals surface area contributed by atoms with E-state index >= 15 is 0 Å². The second-order valence-electron chi connectivity index (χ2n) is 4.26. The van der Waals surface area contributed by atoms with Gasteiger partial charge in [0.25, 0.3) is 5.89 Å². The van der Waals surface area contributed by atoms with E-state index in [4.69, 9.17) is 21.9 Å². The predicted molar refractivity (Wildman–Crippen MR) is 74.5 cm³/mol. The van der Waals surface area contributed by atoms with Crippen molar-refractivity contribution in [3.05, 3.63) is 53.1 Å². The molecule has 0 fully saturated rings. The highest BCUT2D eigenvalue weighted by molar-refractivity contribution is 6.33. The summed E-state index contributed by atoms with van der Waals surface area (Å²) < 4.78 is 31.9. The summed E-state index contributed by atoms with van der Waals surface area (Å²) in [5.74, 6) is -1.58. The van der Waals surface area contributed by atoms with E-state index in [1.807, 2.05) is 0 Å². The molecule has 1 heterocycles. The van der Waals surface area contributed by atoms with E-state index in [1.165, 1.54) is 0 Å². The van der Waals surface area contributed by atoms with Gasteiger partial charge in [0.05, 0.1) is 16.3 Å². The van der Waals surface area contributed by atoms with Gasteiger partial charge in [-0.1, -0.05) is 28.9 Å². The number of anilines is 1. The maximum Gasteiger partial charge on any atom is 0.261 e. The quantitative estimate of drug-likeness (QED) is 0.729. The molecule has 21 heavy (non-hydrogen) atoms. The summed E-state index contributed by atoms with van der Waals surface area (Å²) in [6, 6.07) is 8.66. The van der Waals surface area contributed by atoms with Crippen molar-refractivity contribution >= 4 is 17.3 Å². The van der Waals surface area contributed by atoms with Gasteiger partial charge in [-0.15, -0.1) is 0 Å². The van der Waals surface area contributed by atoms with Gasteiger partial charge in [-0.2, -0.15) is 4.98 Å². The zero-order valence-electron chi connectivity index (χ0n) is 10.5. The lowest BCUT2D eigenvalue weighted by Gasteiger charge is -2.00. The molecule has 0 aliphatic heterocycles. The van der Waals surface area contributed by atoms with Crippen molar-refractivity contribution in [1.29, 1.82) is 0 Å². The summed E-state index contributed by atoms with van der Waals surface area (Å²) in [6.07, 6.45) is 0. The van der Waals surface area contributed by atoms with Gasteiger partial charge < -0.3 is 10.3 Å². The largest absolute Gasteiger partial charge is 0.396 e. The van der Waals surface area contributed by atoms with Crippen LogP contribution < -0.4 is 5.73 Å². The summed E-state index contributed by atoms with van der Waals surface area (Å²) >= 11 is 6.03. The molecule has 0 radical (unpaired) electrons. The van der Waals surface area contributed by atoms with Crippen LogP contribution in [0.2, 0.25) is 5.02 Å². The van der Waals surface area contributed by atoms with Crippen LogP contribution in [0.4, 0.5) is 14.5 Å². The lowest BCUT2D eigenvalue weighted by Crippen LogP contribution is -1.94. The molecule has 106 valence electrons. The summed E-state index contributed by atoms with van der Waals surface area (Å²) in [7, 11) is 0. The van der Waals surface area contributed by atoms with E-state index < -0.39 is 11.6 Å². The number of nitrogen functional groups attached to an aromatic ring is 1. The van der Waals surface area contributed by atoms with E-state index in [0.717, 1.165) is 6.07 Å². The average molecular weight is 308 g/mol. The molecule has 1 aromatic heterocycles. The Morgan fingerprint density at radius 1 is 1.05 bits per heavy atom. The van der Waals surface area contributed by atoms with Crippen LogP contribution in [0.1, 0.15) is 0 Å². The molecule has 3 rings (SSSR count). The molecule has 0 saturated heterocycles. The third-order valence-corrected chi connectivity index (χ3v) is 3.19. The third-order valence-electron chi connectivity index (χ3n) is 2.86. The fraction of sp³-hybridized carbons (Fsp3) is 0. The van der Waals surface area contributed by atoms with E-state index in [0.29, 0.717) is 16.7 Å². The Morgan fingerprint density at radius 3 is 2.57 bits per heavy atom. The molecule has 0 atom stereocenters. The average Bonchev–Trinajstić information content (AvgIpc) is 2.92. The minimum Gasteiger partial charge on any atom is -0.396 e. The van der Waals surface area contributed by atoms with E-state index in [9.17, 15) is 8.78 Å². The normalized spacial score (nSPS) is 10.8. The Balaban J connectivity index is 2.07. The molecule has 2 aromatic carbocycles. The van der Waals surface area contributed by atoms with Crippen LogP contribution in [0.15, 0.2) is 40.9 Å². The van der Waals surface area contributed by atoms with Gasteiger partial charge in [0, 0.05) is 11.6 Å². The number of hydrogen-bond acceptors (Lipinski definition) is 4. The maximum atomic E-state index is 13.8. The second kappa shape index (κ2) is 5.14. The molecule has 2 N–H and O–H groups in total. The van der Waals surface area contributed by atoms with Crippen LogP contribution in [-0.4, -0.2) is 10.1 Å². The van der Waals surface area contributed by atoms with Crippen LogP contribution in [0.3, 0.4) is 0 Å². The van der Waals surface area contributed by atoms with Crippen molar-refractivity contribution in [2.75, 3.05) is 5.73 Å². The Hall–Kier alpha value is -2.47. The van der Waals surface area contributed by atoms with Gasteiger partial charge in [0.15, 0.2) is 0 Å². The monoisotopic (exact) mass is 307 g/mol. The highest BCUT2D eigenvalue weighted by Gasteiger charge is 2.17. The second-order valence-corrected chi connectivity index (χ2v) is 4.66. The standard InChI is InChI=1S/C14H8ClF2N3O/c15-9-4-2-1-3-7(9)13-19-14(21-20-13)8-5-12(18)11(17)6-10(8)16/h1-6H,18H2. The first-order chi connectivity index (χ1) is 10.1. The molecule has 0 spiro atoms. The molecule has 0 unspecified atom stereocenters. The summed E-state index contributed by atoms with van der Waals surface area (Å²) in [5, 5.41) is 4.18. The number of nitrogens with zero attached hydrogens (tertiary/aromatic N) is 2. The summed E-state index contributed by atoms with van der Waals surface area (Å²) in [5.41, 5.74) is 5.69. The van der Waals surface area contributed by atoms with Crippen LogP contribution in [0, 0.1) is 11.6 Å². The molecule has 3 aromatic rings. The number of rotatable bonds is 2. The topological polar surface area (TPSA) is 64.9 Å². The minimum absolute atomic E-state index is 0.0697. The minimum atomic E-state index is -0.845. The Kier molecular flexibility index (Phi) is 3.31. The lowest BCUT2D eigenvalue weighted by molar-refractivity contribution is 0.429. The van der Waals surface area contributed by atoms with E-state index in [2.05, 4.69) is 10.1 Å². The van der Waals surface area contributed by atoms with Gasteiger partial charge in [-0.3, -0.25) is 0 Å².